The molecule has 1 amide bonds. The molecule has 0 atom stereocenters. The molecule has 8 nitrogen and oxygen atoms in total. The van der Waals surface area contributed by atoms with Crippen molar-refractivity contribution in [3.63, 3.8) is 0 Å². The van der Waals surface area contributed by atoms with E-state index in [0.717, 1.165) is 17.0 Å². The fraction of sp³-hybridized carbons (Fsp3) is 0.292. The first-order chi connectivity index (χ1) is 16.0. The summed E-state index contributed by atoms with van der Waals surface area (Å²) in [6.07, 6.45) is 1.78. The molecule has 0 aliphatic carbocycles. The third-order valence-corrected chi connectivity index (χ3v) is 5.64. The van der Waals surface area contributed by atoms with Gasteiger partial charge in [-0.15, -0.1) is 0 Å². The van der Waals surface area contributed by atoms with Gasteiger partial charge in [0.2, 0.25) is 0 Å². The van der Waals surface area contributed by atoms with Gasteiger partial charge in [0.15, 0.2) is 23.3 Å². The van der Waals surface area contributed by atoms with Gasteiger partial charge in [0.1, 0.15) is 5.75 Å². The van der Waals surface area contributed by atoms with E-state index >= 15 is 0 Å². The van der Waals surface area contributed by atoms with E-state index in [-0.39, 0.29) is 19.1 Å². The van der Waals surface area contributed by atoms with Gasteiger partial charge >= 0.3 is 5.97 Å². The number of amides is 1. The van der Waals surface area contributed by atoms with Crippen molar-refractivity contribution in [1.82, 2.24) is 4.90 Å². The number of carbonyl (C=O) groups is 2. The first-order valence-corrected chi connectivity index (χ1v) is 11.2. The van der Waals surface area contributed by atoms with E-state index in [1.165, 1.54) is 18.9 Å². The number of carbonyl (C=O) groups excluding carboxylic acids is 2. The summed E-state index contributed by atoms with van der Waals surface area (Å²) in [4.78, 5) is 31.3. The largest absolute Gasteiger partial charge is 0.497 e. The highest BCUT2D eigenvalue weighted by molar-refractivity contribution is 8.18. The zero-order chi connectivity index (χ0) is 23.8. The molecule has 1 aliphatic rings. The standard InChI is InChI=1S/C24H26N2O6S/c1-5-26-23(28)21(33-24(26)25-17-8-10-18(29-3)11-9-17)14-16-7-12-19(20(13-16)30-4)32-15-22(27)31-6-2/h7-14H,5-6,15H2,1-4H3/b21-14+,25-24?. The highest BCUT2D eigenvalue weighted by Gasteiger charge is 2.32. The Bertz CT molecular complexity index is 1070. The fourth-order valence-electron chi connectivity index (χ4n) is 3.02. The SMILES string of the molecule is CCOC(=O)COc1ccc(/C=C2/SC(=Nc3ccc(OC)cc3)N(CC)C2=O)cc1OC. The Hall–Kier alpha value is -3.46. The maximum atomic E-state index is 12.9. The highest BCUT2D eigenvalue weighted by Crippen LogP contribution is 2.36. The summed E-state index contributed by atoms with van der Waals surface area (Å²) in [5, 5.41) is 0.611. The van der Waals surface area contributed by atoms with Crippen molar-refractivity contribution in [2.24, 2.45) is 4.99 Å². The van der Waals surface area contributed by atoms with Gasteiger partial charge in [0.05, 0.1) is 31.4 Å². The first-order valence-electron chi connectivity index (χ1n) is 10.4. The first kappa shape index (κ1) is 24.2. The summed E-state index contributed by atoms with van der Waals surface area (Å²) in [5.74, 6) is 1.03. The second kappa shape index (κ2) is 11.4. The van der Waals surface area contributed by atoms with Crippen LogP contribution in [0, 0.1) is 0 Å². The molecule has 33 heavy (non-hydrogen) atoms. The second-order valence-electron chi connectivity index (χ2n) is 6.76. The van der Waals surface area contributed by atoms with Crippen molar-refractivity contribution in [3.8, 4) is 17.2 Å². The van der Waals surface area contributed by atoms with Crippen LogP contribution in [0.3, 0.4) is 0 Å². The Labute approximate surface area is 197 Å². The van der Waals surface area contributed by atoms with Crippen LogP contribution in [-0.2, 0) is 14.3 Å². The van der Waals surface area contributed by atoms with Gasteiger partial charge in [-0.3, -0.25) is 9.69 Å². The van der Waals surface area contributed by atoms with E-state index in [1.807, 2.05) is 31.2 Å². The van der Waals surface area contributed by atoms with Crippen molar-refractivity contribution in [1.29, 1.82) is 0 Å². The average molecular weight is 471 g/mol. The minimum atomic E-state index is -0.456. The van der Waals surface area contributed by atoms with Crippen LogP contribution in [0.5, 0.6) is 17.2 Å². The number of aliphatic imine (C=N–C) groups is 1. The quantitative estimate of drug-likeness (QED) is 0.400. The molecule has 0 aromatic heterocycles. The van der Waals surface area contributed by atoms with Crippen LogP contribution in [0.2, 0.25) is 0 Å². The van der Waals surface area contributed by atoms with Gasteiger partial charge in [-0.25, -0.2) is 9.79 Å². The summed E-state index contributed by atoms with van der Waals surface area (Å²) >= 11 is 1.31. The Balaban J connectivity index is 1.81. The number of esters is 1. The minimum absolute atomic E-state index is 0.114. The number of thioether (sulfide) groups is 1. The summed E-state index contributed by atoms with van der Waals surface area (Å²) in [6.45, 7) is 4.22. The Morgan fingerprint density at radius 2 is 1.82 bits per heavy atom. The van der Waals surface area contributed by atoms with Crippen LogP contribution in [0.1, 0.15) is 19.4 Å². The van der Waals surface area contributed by atoms with Gasteiger partial charge in [0.25, 0.3) is 5.91 Å². The number of benzene rings is 2. The van der Waals surface area contributed by atoms with E-state index in [9.17, 15) is 9.59 Å². The smallest absolute Gasteiger partial charge is 0.344 e. The molecule has 0 N–H and O–H groups in total. The molecule has 1 fully saturated rings. The third-order valence-electron chi connectivity index (χ3n) is 4.64. The number of hydrogen-bond donors (Lipinski definition) is 0. The minimum Gasteiger partial charge on any atom is -0.497 e. The number of ether oxygens (including phenoxy) is 4. The molecule has 0 radical (unpaired) electrons. The van der Waals surface area contributed by atoms with E-state index in [4.69, 9.17) is 18.9 Å². The number of nitrogens with zero attached hydrogens (tertiary/aromatic N) is 2. The second-order valence-corrected chi connectivity index (χ2v) is 7.77. The normalized spacial score (nSPS) is 15.8. The Kier molecular flexibility index (Phi) is 8.37. The zero-order valence-corrected chi connectivity index (χ0v) is 19.8. The van der Waals surface area contributed by atoms with Gasteiger partial charge in [-0.05, 0) is 73.6 Å². The van der Waals surface area contributed by atoms with E-state index < -0.39 is 5.97 Å². The number of amidine groups is 1. The average Bonchev–Trinajstić information content (AvgIpc) is 3.12. The van der Waals surface area contributed by atoms with Crippen LogP contribution in [0.25, 0.3) is 6.08 Å². The molecular weight excluding hydrogens is 444 g/mol. The molecule has 0 unspecified atom stereocenters. The number of likely N-dealkylation sites (N-methyl/N-ethyl adjacent to an activating group) is 1. The zero-order valence-electron chi connectivity index (χ0n) is 19.0. The Morgan fingerprint density at radius 1 is 1.06 bits per heavy atom. The number of rotatable bonds is 9. The molecular formula is C24H26N2O6S. The molecule has 2 aromatic rings. The van der Waals surface area contributed by atoms with Crippen LogP contribution in [0.4, 0.5) is 5.69 Å². The molecule has 9 heteroatoms. The van der Waals surface area contributed by atoms with Gasteiger partial charge in [0, 0.05) is 6.54 Å². The molecule has 1 saturated heterocycles. The molecule has 0 spiro atoms. The molecule has 174 valence electrons. The lowest BCUT2D eigenvalue weighted by Crippen LogP contribution is -2.28. The van der Waals surface area contributed by atoms with Crippen molar-refractivity contribution in [3.05, 3.63) is 52.9 Å². The van der Waals surface area contributed by atoms with E-state index in [2.05, 4.69) is 4.99 Å². The molecule has 0 bridgehead atoms. The summed E-state index contributed by atoms with van der Waals surface area (Å²) in [6, 6.07) is 12.6. The van der Waals surface area contributed by atoms with Crippen LogP contribution < -0.4 is 14.2 Å². The predicted octanol–water partition coefficient (Wildman–Crippen LogP) is 4.27. The third kappa shape index (κ3) is 6.07. The summed E-state index contributed by atoms with van der Waals surface area (Å²) < 4.78 is 20.9. The van der Waals surface area contributed by atoms with E-state index in [0.29, 0.717) is 28.1 Å². The molecule has 1 heterocycles. The van der Waals surface area contributed by atoms with Gasteiger partial charge in [-0.2, -0.15) is 0 Å². The maximum absolute atomic E-state index is 12.9. The van der Waals surface area contributed by atoms with Crippen LogP contribution >= 0.6 is 11.8 Å². The van der Waals surface area contributed by atoms with Crippen molar-refractivity contribution >= 4 is 40.6 Å². The number of hydrogen-bond acceptors (Lipinski definition) is 8. The summed E-state index contributed by atoms with van der Waals surface area (Å²) in [7, 11) is 3.12. The molecule has 1 aliphatic heterocycles. The maximum Gasteiger partial charge on any atom is 0.344 e. The van der Waals surface area contributed by atoms with Gasteiger partial charge in [-0.1, -0.05) is 6.07 Å². The predicted molar refractivity (Wildman–Crippen MR) is 128 cm³/mol. The van der Waals surface area contributed by atoms with Crippen LogP contribution in [-0.4, -0.2) is 55.9 Å². The fourth-order valence-corrected chi connectivity index (χ4v) is 4.08. The molecule has 2 aromatic carbocycles. The van der Waals surface area contributed by atoms with Crippen molar-refractivity contribution < 1.29 is 28.5 Å². The van der Waals surface area contributed by atoms with Crippen molar-refractivity contribution in [2.45, 2.75) is 13.8 Å². The lowest BCUT2D eigenvalue weighted by atomic mass is 10.2. The lowest BCUT2D eigenvalue weighted by Gasteiger charge is -2.12. The molecule has 3 rings (SSSR count). The monoisotopic (exact) mass is 470 g/mol. The van der Waals surface area contributed by atoms with Gasteiger partial charge < -0.3 is 18.9 Å². The molecule has 0 saturated carbocycles. The highest BCUT2D eigenvalue weighted by atomic mass is 32.2. The van der Waals surface area contributed by atoms with Crippen LogP contribution in [0.15, 0.2) is 52.4 Å². The number of methoxy groups -OCH3 is 2. The topological polar surface area (TPSA) is 86.7 Å². The lowest BCUT2D eigenvalue weighted by molar-refractivity contribution is -0.145. The summed E-state index contributed by atoms with van der Waals surface area (Å²) in [5.41, 5.74) is 1.49. The Morgan fingerprint density at radius 3 is 2.45 bits per heavy atom. The van der Waals surface area contributed by atoms with E-state index in [1.54, 1.807) is 43.2 Å². The van der Waals surface area contributed by atoms with Crippen molar-refractivity contribution in [2.75, 3.05) is 34.0 Å².